The summed E-state index contributed by atoms with van der Waals surface area (Å²) in [6, 6.07) is 7.85. The van der Waals surface area contributed by atoms with E-state index in [-0.39, 0.29) is 36.1 Å². The Bertz CT molecular complexity index is 511. The van der Waals surface area contributed by atoms with Crippen molar-refractivity contribution in [3.8, 4) is 0 Å². The van der Waals surface area contributed by atoms with Crippen LogP contribution in [0.15, 0.2) is 24.3 Å². The van der Waals surface area contributed by atoms with Gasteiger partial charge in [-0.3, -0.25) is 9.69 Å². The van der Waals surface area contributed by atoms with E-state index in [2.05, 4.69) is 28.4 Å². The van der Waals surface area contributed by atoms with Crippen LogP contribution < -0.4 is 11.1 Å². The summed E-state index contributed by atoms with van der Waals surface area (Å²) in [6.07, 6.45) is 2.58. The van der Waals surface area contributed by atoms with Crippen molar-refractivity contribution in [2.75, 3.05) is 13.1 Å². The zero-order chi connectivity index (χ0) is 16.2. The van der Waals surface area contributed by atoms with E-state index in [0.717, 1.165) is 6.54 Å². The maximum absolute atomic E-state index is 12.2. The summed E-state index contributed by atoms with van der Waals surface area (Å²) in [5.74, 6) is -0.0801. The lowest BCUT2D eigenvalue weighted by atomic mass is 9.87. The van der Waals surface area contributed by atoms with Crippen LogP contribution in [0.1, 0.15) is 44.7 Å². The predicted molar refractivity (Wildman–Crippen MR) is 105 cm³/mol. The fraction of sp³-hybridized carbons (Fsp3) is 0.611. The average Bonchev–Trinajstić information content (AvgIpc) is 2.97. The molecule has 1 aromatic carbocycles. The Morgan fingerprint density at radius 2 is 1.71 bits per heavy atom. The van der Waals surface area contributed by atoms with Gasteiger partial charge in [0.15, 0.2) is 0 Å². The lowest BCUT2D eigenvalue weighted by Crippen LogP contribution is -2.48. The van der Waals surface area contributed by atoms with E-state index >= 15 is 0 Å². The molecule has 0 unspecified atom stereocenters. The first-order chi connectivity index (χ1) is 10.4. The molecule has 0 aromatic heterocycles. The van der Waals surface area contributed by atoms with Gasteiger partial charge in [0, 0.05) is 13.1 Å². The molecule has 6 heteroatoms. The summed E-state index contributed by atoms with van der Waals surface area (Å²) < 4.78 is 0. The number of hydrogen-bond acceptors (Lipinski definition) is 3. The molecule has 1 aromatic rings. The molecular weight excluding hydrogens is 345 g/mol. The Morgan fingerprint density at radius 1 is 1.17 bits per heavy atom. The maximum Gasteiger partial charge on any atom is 0.237 e. The lowest BCUT2D eigenvalue weighted by Gasteiger charge is -2.26. The van der Waals surface area contributed by atoms with E-state index in [0.29, 0.717) is 6.54 Å². The van der Waals surface area contributed by atoms with Crippen LogP contribution in [0.25, 0.3) is 0 Å². The largest absolute Gasteiger partial charge is 0.351 e. The number of carbonyl (C=O) groups excluding carboxylic acids is 1. The second-order valence-corrected chi connectivity index (χ2v) is 7.31. The molecule has 0 radical (unpaired) electrons. The number of hydrogen-bond donors (Lipinski definition) is 2. The third-order valence-electron chi connectivity index (χ3n) is 4.38. The normalized spacial score (nSPS) is 16.0. The highest BCUT2D eigenvalue weighted by Gasteiger charge is 2.27. The van der Waals surface area contributed by atoms with E-state index in [1.165, 1.54) is 37.1 Å². The van der Waals surface area contributed by atoms with Crippen LogP contribution in [0, 0.1) is 5.41 Å². The van der Waals surface area contributed by atoms with Gasteiger partial charge in [0.05, 0.1) is 6.04 Å². The number of rotatable bonds is 5. The molecule has 1 aliphatic heterocycles. The fourth-order valence-electron chi connectivity index (χ4n) is 2.75. The van der Waals surface area contributed by atoms with E-state index < -0.39 is 6.04 Å². The highest BCUT2D eigenvalue weighted by molar-refractivity contribution is 5.85. The minimum absolute atomic E-state index is 0. The quantitative estimate of drug-likeness (QED) is 0.830. The third kappa shape index (κ3) is 6.60. The summed E-state index contributed by atoms with van der Waals surface area (Å²) in [4.78, 5) is 14.6. The highest BCUT2D eigenvalue weighted by atomic mass is 35.5. The van der Waals surface area contributed by atoms with Gasteiger partial charge in [-0.15, -0.1) is 24.8 Å². The first-order valence-electron chi connectivity index (χ1n) is 8.20. The van der Waals surface area contributed by atoms with Gasteiger partial charge in [-0.2, -0.15) is 0 Å². The van der Waals surface area contributed by atoms with E-state index in [1.54, 1.807) is 0 Å². The van der Waals surface area contributed by atoms with Gasteiger partial charge in [0.25, 0.3) is 0 Å². The number of amides is 1. The summed E-state index contributed by atoms with van der Waals surface area (Å²) in [7, 11) is 0. The monoisotopic (exact) mass is 375 g/mol. The first-order valence-corrected chi connectivity index (χ1v) is 8.20. The van der Waals surface area contributed by atoms with Gasteiger partial charge in [-0.1, -0.05) is 45.0 Å². The summed E-state index contributed by atoms with van der Waals surface area (Å²) >= 11 is 0. The van der Waals surface area contributed by atoms with Crippen LogP contribution in [0.4, 0.5) is 0 Å². The van der Waals surface area contributed by atoms with Crippen molar-refractivity contribution in [3.63, 3.8) is 0 Å². The van der Waals surface area contributed by atoms with E-state index in [4.69, 9.17) is 5.73 Å². The van der Waals surface area contributed by atoms with Gasteiger partial charge >= 0.3 is 0 Å². The number of nitrogens with zero attached hydrogens (tertiary/aromatic N) is 1. The summed E-state index contributed by atoms with van der Waals surface area (Å²) in [5.41, 5.74) is 8.27. The van der Waals surface area contributed by atoms with Crippen LogP contribution in [-0.2, 0) is 17.9 Å². The smallest absolute Gasteiger partial charge is 0.237 e. The van der Waals surface area contributed by atoms with E-state index in [9.17, 15) is 4.79 Å². The zero-order valence-corrected chi connectivity index (χ0v) is 16.5. The number of nitrogens with two attached hydrogens (primary N) is 1. The number of carbonyl (C=O) groups is 1. The first kappa shape index (κ1) is 23.2. The Morgan fingerprint density at radius 3 is 2.25 bits per heavy atom. The van der Waals surface area contributed by atoms with Crippen LogP contribution in [-0.4, -0.2) is 29.9 Å². The molecule has 1 amide bonds. The second kappa shape index (κ2) is 10.2. The van der Waals surface area contributed by atoms with Gasteiger partial charge < -0.3 is 11.1 Å². The molecule has 3 N–H and O–H groups in total. The molecule has 4 nitrogen and oxygen atoms in total. The Kier molecular flexibility index (Phi) is 9.90. The Labute approximate surface area is 158 Å². The average molecular weight is 376 g/mol. The van der Waals surface area contributed by atoms with Crippen molar-refractivity contribution in [1.82, 2.24) is 10.2 Å². The molecule has 2 rings (SSSR count). The molecule has 1 aliphatic rings. The molecule has 0 saturated carbocycles. The molecule has 1 fully saturated rings. The van der Waals surface area contributed by atoms with Crippen molar-refractivity contribution in [2.24, 2.45) is 11.1 Å². The molecule has 1 heterocycles. The fourth-order valence-corrected chi connectivity index (χ4v) is 2.75. The van der Waals surface area contributed by atoms with Crippen LogP contribution in [0.2, 0.25) is 0 Å². The maximum atomic E-state index is 12.2. The number of likely N-dealkylation sites (tertiary alicyclic amines) is 1. The van der Waals surface area contributed by atoms with Crippen LogP contribution in [0.5, 0.6) is 0 Å². The van der Waals surface area contributed by atoms with Crippen molar-refractivity contribution >= 4 is 30.7 Å². The number of halogens is 2. The highest BCUT2D eigenvalue weighted by Crippen LogP contribution is 2.18. The van der Waals surface area contributed by atoms with Gasteiger partial charge in [-0.05, 0) is 42.5 Å². The molecule has 1 saturated heterocycles. The van der Waals surface area contributed by atoms with Crippen molar-refractivity contribution in [3.05, 3.63) is 35.4 Å². The molecule has 0 bridgehead atoms. The van der Waals surface area contributed by atoms with Crippen molar-refractivity contribution in [1.29, 1.82) is 0 Å². The standard InChI is InChI=1S/C18H29N3O.2ClH/c1-18(2,3)16(19)17(22)20-12-14-8-4-5-9-15(14)13-21-10-6-7-11-21;;/h4-5,8-9,16H,6-7,10-13,19H2,1-3H3,(H,20,22);2*1H/t16-;;/m1../s1. The Hall–Kier alpha value is -0.810. The molecule has 138 valence electrons. The van der Waals surface area contributed by atoms with Gasteiger partial charge in [-0.25, -0.2) is 0 Å². The van der Waals surface area contributed by atoms with Crippen LogP contribution in [0.3, 0.4) is 0 Å². The molecular formula is C18H31Cl2N3O. The van der Waals surface area contributed by atoms with Gasteiger partial charge in [0.2, 0.25) is 5.91 Å². The lowest BCUT2D eigenvalue weighted by molar-refractivity contribution is -0.124. The summed E-state index contributed by atoms with van der Waals surface area (Å²) in [5, 5.41) is 2.99. The third-order valence-corrected chi connectivity index (χ3v) is 4.38. The van der Waals surface area contributed by atoms with Crippen molar-refractivity contribution < 1.29 is 4.79 Å². The Balaban J connectivity index is 0.00000264. The second-order valence-electron chi connectivity index (χ2n) is 7.31. The van der Waals surface area contributed by atoms with Crippen molar-refractivity contribution in [2.45, 2.75) is 52.7 Å². The van der Waals surface area contributed by atoms with E-state index in [1.807, 2.05) is 26.8 Å². The predicted octanol–water partition coefficient (Wildman–Crippen LogP) is 3.12. The molecule has 0 spiro atoms. The molecule has 0 aliphatic carbocycles. The minimum atomic E-state index is -0.488. The number of benzene rings is 1. The number of nitrogens with one attached hydrogen (secondary N) is 1. The van der Waals surface area contributed by atoms with Gasteiger partial charge in [0.1, 0.15) is 0 Å². The molecule has 24 heavy (non-hydrogen) atoms. The SMILES string of the molecule is CC(C)(C)[C@H](N)C(=O)NCc1ccccc1CN1CCCC1.Cl.Cl. The zero-order valence-electron chi connectivity index (χ0n) is 14.9. The topological polar surface area (TPSA) is 58.4 Å². The summed E-state index contributed by atoms with van der Waals surface area (Å²) in [6.45, 7) is 9.82. The minimum Gasteiger partial charge on any atom is -0.351 e. The van der Waals surface area contributed by atoms with Crippen LogP contribution >= 0.6 is 24.8 Å². The molecule has 1 atom stereocenters.